The predicted octanol–water partition coefficient (Wildman–Crippen LogP) is 3.87. The van der Waals surface area contributed by atoms with Crippen LogP contribution in [-0.4, -0.2) is 16.1 Å². The lowest BCUT2D eigenvalue weighted by Gasteiger charge is -2.22. The fourth-order valence-electron chi connectivity index (χ4n) is 2.31. The van der Waals surface area contributed by atoms with Gasteiger partial charge in [-0.25, -0.2) is 4.68 Å². The fraction of sp³-hybridized carbons (Fsp3) is 0.636. The van der Waals surface area contributed by atoms with Crippen LogP contribution < -0.4 is 0 Å². The van der Waals surface area contributed by atoms with E-state index in [1.165, 1.54) is 0 Å². The fourth-order valence-corrected chi connectivity index (χ4v) is 2.62. The highest BCUT2D eigenvalue weighted by molar-refractivity contribution is 6.32. The molecule has 0 spiro atoms. The number of hydrogen-bond acceptors (Lipinski definition) is 2. The summed E-state index contributed by atoms with van der Waals surface area (Å²) >= 11 is 5.84. The average Bonchev–Trinajstić information content (AvgIpc) is 2.67. The average molecular weight is 281 g/mol. The van der Waals surface area contributed by atoms with Gasteiger partial charge in [-0.2, -0.15) is 18.3 Å². The van der Waals surface area contributed by atoms with Crippen LogP contribution in [0.2, 0.25) is 5.15 Å². The van der Waals surface area contributed by atoms with Crippen LogP contribution in [0.25, 0.3) is 0 Å². The Morgan fingerprint density at radius 2 is 1.89 bits per heavy atom. The Bertz CT molecular complexity index is 450. The number of carbonyl (C=O) groups is 1. The van der Waals surface area contributed by atoms with E-state index < -0.39 is 17.4 Å². The van der Waals surface area contributed by atoms with E-state index in [0.717, 1.165) is 36.8 Å². The predicted molar refractivity (Wildman–Crippen MR) is 59.7 cm³/mol. The first-order chi connectivity index (χ1) is 8.45. The summed E-state index contributed by atoms with van der Waals surface area (Å²) in [5.41, 5.74) is -1.75. The summed E-state index contributed by atoms with van der Waals surface area (Å²) in [7, 11) is 0. The Morgan fingerprint density at radius 1 is 1.28 bits per heavy atom. The Hall–Kier alpha value is -1.04. The van der Waals surface area contributed by atoms with Crippen molar-refractivity contribution < 1.29 is 18.0 Å². The molecular weight excluding hydrogens is 269 g/mol. The summed E-state index contributed by atoms with van der Waals surface area (Å²) in [6, 6.07) is -0.138. The molecule has 3 nitrogen and oxygen atoms in total. The molecule has 2 rings (SSSR count). The van der Waals surface area contributed by atoms with Crippen molar-refractivity contribution in [1.29, 1.82) is 0 Å². The minimum absolute atomic E-state index is 0.123. The van der Waals surface area contributed by atoms with Crippen LogP contribution in [0.4, 0.5) is 13.2 Å². The van der Waals surface area contributed by atoms with Crippen molar-refractivity contribution in [3.8, 4) is 0 Å². The van der Waals surface area contributed by atoms with E-state index >= 15 is 0 Å². The standard InChI is InChI=1S/C11H12ClF3N2O/c12-10-8(6-18)9(11(13,14)15)16-17(10)7-4-2-1-3-5-7/h6-7H,1-5H2. The van der Waals surface area contributed by atoms with Crippen molar-refractivity contribution in [3.63, 3.8) is 0 Å². The molecule has 1 heterocycles. The van der Waals surface area contributed by atoms with Crippen molar-refractivity contribution in [1.82, 2.24) is 9.78 Å². The highest BCUT2D eigenvalue weighted by atomic mass is 35.5. The Labute approximate surface area is 107 Å². The molecule has 18 heavy (non-hydrogen) atoms. The quantitative estimate of drug-likeness (QED) is 0.771. The molecule has 0 saturated heterocycles. The summed E-state index contributed by atoms with van der Waals surface area (Å²) < 4.78 is 39.3. The summed E-state index contributed by atoms with van der Waals surface area (Å²) in [4.78, 5) is 10.8. The molecular formula is C11H12ClF3N2O. The first-order valence-electron chi connectivity index (χ1n) is 5.75. The minimum Gasteiger partial charge on any atom is -0.298 e. The molecule has 1 fully saturated rings. The van der Waals surface area contributed by atoms with E-state index in [1.807, 2.05) is 0 Å². The second kappa shape index (κ2) is 4.91. The van der Waals surface area contributed by atoms with Gasteiger partial charge < -0.3 is 0 Å². The zero-order chi connectivity index (χ0) is 13.3. The van der Waals surface area contributed by atoms with Gasteiger partial charge in [0, 0.05) is 0 Å². The molecule has 1 saturated carbocycles. The molecule has 0 atom stereocenters. The van der Waals surface area contributed by atoms with E-state index in [2.05, 4.69) is 5.10 Å². The highest BCUT2D eigenvalue weighted by Gasteiger charge is 2.39. The number of aldehydes is 1. The van der Waals surface area contributed by atoms with Crippen molar-refractivity contribution in [2.24, 2.45) is 0 Å². The number of nitrogens with zero attached hydrogens (tertiary/aromatic N) is 2. The van der Waals surface area contributed by atoms with Gasteiger partial charge in [0.25, 0.3) is 0 Å². The maximum absolute atomic E-state index is 12.7. The Kier molecular flexibility index (Phi) is 3.66. The molecule has 0 amide bonds. The third kappa shape index (κ3) is 2.39. The van der Waals surface area contributed by atoms with E-state index in [4.69, 9.17) is 11.6 Å². The molecule has 0 N–H and O–H groups in total. The maximum Gasteiger partial charge on any atom is 0.435 e. The zero-order valence-electron chi connectivity index (χ0n) is 9.50. The number of hydrogen-bond donors (Lipinski definition) is 0. The van der Waals surface area contributed by atoms with Gasteiger partial charge in [-0.05, 0) is 12.8 Å². The molecule has 0 radical (unpaired) electrons. The van der Waals surface area contributed by atoms with Crippen molar-refractivity contribution in [2.45, 2.75) is 44.3 Å². The molecule has 1 aromatic rings. The number of aromatic nitrogens is 2. The molecule has 0 bridgehead atoms. The van der Waals surface area contributed by atoms with Crippen LogP contribution in [-0.2, 0) is 6.18 Å². The van der Waals surface area contributed by atoms with Crippen molar-refractivity contribution in [3.05, 3.63) is 16.4 Å². The third-order valence-electron chi connectivity index (χ3n) is 3.19. The first kappa shape index (κ1) is 13.4. The van der Waals surface area contributed by atoms with Crippen LogP contribution in [0, 0.1) is 0 Å². The second-order valence-electron chi connectivity index (χ2n) is 4.41. The van der Waals surface area contributed by atoms with E-state index in [9.17, 15) is 18.0 Å². The molecule has 100 valence electrons. The maximum atomic E-state index is 12.7. The minimum atomic E-state index is -4.65. The lowest BCUT2D eigenvalue weighted by Crippen LogP contribution is -2.15. The molecule has 0 aromatic carbocycles. The molecule has 1 aromatic heterocycles. The Balaban J connectivity index is 2.42. The largest absolute Gasteiger partial charge is 0.435 e. The molecule has 0 aliphatic heterocycles. The van der Waals surface area contributed by atoms with E-state index in [1.54, 1.807) is 0 Å². The van der Waals surface area contributed by atoms with Crippen molar-refractivity contribution in [2.75, 3.05) is 0 Å². The van der Waals surface area contributed by atoms with Gasteiger partial charge >= 0.3 is 6.18 Å². The van der Waals surface area contributed by atoms with Gasteiger partial charge in [-0.3, -0.25) is 4.79 Å². The van der Waals surface area contributed by atoms with Crippen molar-refractivity contribution >= 4 is 17.9 Å². The van der Waals surface area contributed by atoms with Gasteiger partial charge in [-0.15, -0.1) is 0 Å². The normalized spacial score (nSPS) is 18.0. The zero-order valence-corrected chi connectivity index (χ0v) is 10.3. The van der Waals surface area contributed by atoms with Gasteiger partial charge in [0.1, 0.15) is 5.15 Å². The molecule has 1 aliphatic rings. The topological polar surface area (TPSA) is 34.9 Å². The van der Waals surface area contributed by atoms with Gasteiger partial charge in [-0.1, -0.05) is 30.9 Å². The van der Waals surface area contributed by atoms with Crippen LogP contribution in [0.15, 0.2) is 0 Å². The summed E-state index contributed by atoms with van der Waals surface area (Å²) in [6.45, 7) is 0. The number of alkyl halides is 3. The third-order valence-corrected chi connectivity index (χ3v) is 3.57. The lowest BCUT2D eigenvalue weighted by molar-refractivity contribution is -0.141. The monoisotopic (exact) mass is 280 g/mol. The molecule has 1 aliphatic carbocycles. The number of carbonyl (C=O) groups excluding carboxylic acids is 1. The molecule has 7 heteroatoms. The SMILES string of the molecule is O=Cc1c(C(F)(F)F)nn(C2CCCCC2)c1Cl. The van der Waals surface area contributed by atoms with Crippen LogP contribution >= 0.6 is 11.6 Å². The van der Waals surface area contributed by atoms with Crippen LogP contribution in [0.1, 0.15) is 54.2 Å². The van der Waals surface area contributed by atoms with Gasteiger partial charge in [0.2, 0.25) is 0 Å². The number of rotatable bonds is 2. The second-order valence-corrected chi connectivity index (χ2v) is 4.76. The lowest BCUT2D eigenvalue weighted by atomic mass is 9.96. The first-order valence-corrected chi connectivity index (χ1v) is 6.13. The summed E-state index contributed by atoms with van der Waals surface area (Å²) in [5, 5.41) is 3.30. The van der Waals surface area contributed by atoms with E-state index in [-0.39, 0.29) is 17.5 Å². The Morgan fingerprint density at radius 3 is 2.33 bits per heavy atom. The molecule has 0 unspecified atom stereocenters. The van der Waals surface area contributed by atoms with Gasteiger partial charge in [0.05, 0.1) is 11.6 Å². The smallest absolute Gasteiger partial charge is 0.298 e. The van der Waals surface area contributed by atoms with Crippen LogP contribution in [0.3, 0.4) is 0 Å². The number of halogens is 4. The summed E-state index contributed by atoms with van der Waals surface area (Å²) in [6.07, 6.45) is -0.0788. The van der Waals surface area contributed by atoms with Crippen LogP contribution in [0.5, 0.6) is 0 Å². The van der Waals surface area contributed by atoms with Gasteiger partial charge in [0.15, 0.2) is 12.0 Å². The van der Waals surface area contributed by atoms with E-state index in [0.29, 0.717) is 0 Å². The summed E-state index contributed by atoms with van der Waals surface area (Å²) in [5.74, 6) is 0. The highest BCUT2D eigenvalue weighted by Crippen LogP contribution is 2.37.